The van der Waals surface area contributed by atoms with Crippen LogP contribution in [0.3, 0.4) is 0 Å². The van der Waals surface area contributed by atoms with E-state index >= 15 is 0 Å². The van der Waals surface area contributed by atoms with E-state index < -0.39 is 0 Å². The van der Waals surface area contributed by atoms with Gasteiger partial charge in [0.05, 0.1) is 11.9 Å². The molecule has 4 rings (SSSR count). The van der Waals surface area contributed by atoms with Crippen LogP contribution in [-0.4, -0.2) is 29.9 Å². The average Bonchev–Trinajstić information content (AvgIpc) is 2.74. The molecule has 0 saturated heterocycles. The first-order chi connectivity index (χ1) is 14.1. The van der Waals surface area contributed by atoms with Crippen molar-refractivity contribution >= 4 is 28.8 Å². The Bertz CT molecular complexity index is 1060. The molecule has 1 aromatic heterocycles. The first-order valence-corrected chi connectivity index (χ1v) is 9.13. The van der Waals surface area contributed by atoms with Crippen molar-refractivity contribution in [2.24, 2.45) is 0 Å². The number of benzene rings is 2. The number of carbonyl (C=O) groups excluding carboxylic acids is 2. The van der Waals surface area contributed by atoms with Gasteiger partial charge in [0, 0.05) is 23.0 Å². The molecule has 0 fully saturated rings. The molecule has 0 unspecified atom stereocenters. The smallest absolute Gasteiger partial charge is 0.274 e. The van der Waals surface area contributed by atoms with E-state index in [0.717, 1.165) is 5.69 Å². The molecule has 2 N–H and O–H groups in total. The molecular weight excluding hydrogens is 370 g/mol. The van der Waals surface area contributed by atoms with E-state index in [0.29, 0.717) is 41.7 Å². The van der Waals surface area contributed by atoms with E-state index in [2.05, 4.69) is 15.6 Å². The third kappa shape index (κ3) is 4.35. The molecule has 1 amide bonds. The summed E-state index contributed by atoms with van der Waals surface area (Å²) in [4.78, 5) is 28.2. The van der Waals surface area contributed by atoms with Crippen LogP contribution in [0.4, 0.5) is 17.1 Å². The zero-order valence-electron chi connectivity index (χ0n) is 15.8. The van der Waals surface area contributed by atoms with Crippen molar-refractivity contribution in [1.29, 1.82) is 0 Å². The van der Waals surface area contributed by atoms with E-state index in [1.807, 2.05) is 12.1 Å². The molecule has 1 aliphatic rings. The summed E-state index contributed by atoms with van der Waals surface area (Å²) in [5.41, 5.74) is 2.99. The number of ketones is 1. The van der Waals surface area contributed by atoms with Crippen LogP contribution in [-0.2, 0) is 0 Å². The predicted octanol–water partition coefficient (Wildman–Crippen LogP) is 4.05. The van der Waals surface area contributed by atoms with Gasteiger partial charge < -0.3 is 20.1 Å². The number of Topliss-reactive ketones (excluding diaryl/α,β-unsaturated/α-hetero) is 1. The zero-order chi connectivity index (χ0) is 20.2. The molecule has 1 aliphatic heterocycles. The van der Waals surface area contributed by atoms with E-state index in [1.165, 1.54) is 6.92 Å². The first kappa shape index (κ1) is 18.5. The SMILES string of the molecule is CC(=O)c1cccc(Nc2ccc(C(=O)Nc3ccc4c(c3)OCCO4)nc2)c1. The second-order valence-electron chi connectivity index (χ2n) is 6.51. The average molecular weight is 389 g/mol. The molecule has 0 saturated carbocycles. The molecule has 3 aromatic rings. The highest BCUT2D eigenvalue weighted by molar-refractivity contribution is 6.03. The predicted molar refractivity (Wildman–Crippen MR) is 109 cm³/mol. The van der Waals surface area contributed by atoms with Gasteiger partial charge in [-0.15, -0.1) is 0 Å². The van der Waals surface area contributed by atoms with E-state index in [9.17, 15) is 9.59 Å². The molecule has 0 aliphatic carbocycles. The number of carbonyl (C=O) groups is 2. The lowest BCUT2D eigenvalue weighted by atomic mass is 10.1. The summed E-state index contributed by atoms with van der Waals surface area (Å²) in [5.74, 6) is 0.940. The van der Waals surface area contributed by atoms with Crippen LogP contribution in [0.2, 0.25) is 0 Å². The van der Waals surface area contributed by atoms with E-state index in [4.69, 9.17) is 9.47 Å². The number of anilines is 3. The Morgan fingerprint density at radius 2 is 1.69 bits per heavy atom. The van der Waals surface area contributed by atoms with Crippen LogP contribution in [0.5, 0.6) is 11.5 Å². The van der Waals surface area contributed by atoms with Gasteiger partial charge in [0.15, 0.2) is 17.3 Å². The fourth-order valence-corrected chi connectivity index (χ4v) is 2.90. The molecule has 0 atom stereocenters. The Kier molecular flexibility index (Phi) is 5.11. The van der Waals surface area contributed by atoms with Gasteiger partial charge in [-0.25, -0.2) is 4.98 Å². The number of ether oxygens (including phenoxy) is 2. The number of aromatic nitrogens is 1. The van der Waals surface area contributed by atoms with Gasteiger partial charge in [-0.05, 0) is 43.3 Å². The lowest BCUT2D eigenvalue weighted by Gasteiger charge is -2.19. The fraction of sp³-hybridized carbons (Fsp3) is 0.136. The lowest BCUT2D eigenvalue weighted by molar-refractivity contribution is 0.101. The third-order valence-corrected chi connectivity index (χ3v) is 4.35. The number of nitrogens with zero attached hydrogens (tertiary/aromatic N) is 1. The summed E-state index contributed by atoms with van der Waals surface area (Å²) in [7, 11) is 0. The number of nitrogens with one attached hydrogen (secondary N) is 2. The molecule has 0 bridgehead atoms. The maximum atomic E-state index is 12.5. The highest BCUT2D eigenvalue weighted by atomic mass is 16.6. The molecule has 2 heterocycles. The molecule has 146 valence electrons. The molecule has 0 radical (unpaired) electrons. The second-order valence-corrected chi connectivity index (χ2v) is 6.51. The lowest BCUT2D eigenvalue weighted by Crippen LogP contribution is -2.17. The van der Waals surface area contributed by atoms with Crippen molar-refractivity contribution in [1.82, 2.24) is 4.98 Å². The first-order valence-electron chi connectivity index (χ1n) is 9.13. The van der Waals surface area contributed by atoms with Crippen LogP contribution >= 0.6 is 0 Å². The van der Waals surface area contributed by atoms with Gasteiger partial charge in [-0.1, -0.05) is 12.1 Å². The van der Waals surface area contributed by atoms with Gasteiger partial charge in [-0.3, -0.25) is 9.59 Å². The van der Waals surface area contributed by atoms with Crippen molar-refractivity contribution < 1.29 is 19.1 Å². The van der Waals surface area contributed by atoms with Gasteiger partial charge in [0.1, 0.15) is 18.9 Å². The highest BCUT2D eigenvalue weighted by Gasteiger charge is 2.14. The Labute approximate surface area is 167 Å². The number of hydrogen-bond acceptors (Lipinski definition) is 6. The van der Waals surface area contributed by atoms with Crippen LogP contribution in [0, 0.1) is 0 Å². The number of hydrogen-bond donors (Lipinski definition) is 2. The molecule has 0 spiro atoms. The van der Waals surface area contributed by atoms with Gasteiger partial charge >= 0.3 is 0 Å². The summed E-state index contributed by atoms with van der Waals surface area (Å²) < 4.78 is 11.0. The number of rotatable bonds is 5. The summed E-state index contributed by atoms with van der Waals surface area (Å²) >= 11 is 0. The van der Waals surface area contributed by atoms with Crippen molar-refractivity contribution in [2.75, 3.05) is 23.8 Å². The number of fused-ring (bicyclic) bond motifs is 1. The molecular formula is C22H19N3O4. The standard InChI is InChI=1S/C22H19N3O4/c1-14(26)15-3-2-4-16(11-15)24-18-5-7-19(23-13-18)22(27)25-17-6-8-20-21(12-17)29-10-9-28-20/h2-8,11-13,24H,9-10H2,1H3,(H,25,27). The van der Waals surface area contributed by atoms with Crippen LogP contribution in [0.15, 0.2) is 60.8 Å². The second kappa shape index (κ2) is 8.02. The Morgan fingerprint density at radius 3 is 2.45 bits per heavy atom. The normalized spacial score (nSPS) is 12.2. The monoisotopic (exact) mass is 389 g/mol. The quantitative estimate of drug-likeness (QED) is 0.640. The van der Waals surface area contributed by atoms with Crippen LogP contribution in [0.25, 0.3) is 0 Å². The molecule has 7 nitrogen and oxygen atoms in total. The maximum Gasteiger partial charge on any atom is 0.274 e. The summed E-state index contributed by atoms with van der Waals surface area (Å²) in [6.07, 6.45) is 1.57. The topological polar surface area (TPSA) is 89.6 Å². The van der Waals surface area contributed by atoms with Crippen LogP contribution < -0.4 is 20.1 Å². The third-order valence-electron chi connectivity index (χ3n) is 4.35. The fourth-order valence-electron chi connectivity index (χ4n) is 2.90. The minimum Gasteiger partial charge on any atom is -0.486 e. The number of pyridine rings is 1. The van der Waals surface area contributed by atoms with E-state index in [1.54, 1.807) is 48.7 Å². The van der Waals surface area contributed by atoms with Crippen molar-refractivity contribution in [3.8, 4) is 11.5 Å². The van der Waals surface area contributed by atoms with Gasteiger partial charge in [-0.2, -0.15) is 0 Å². The number of amides is 1. The van der Waals surface area contributed by atoms with Crippen LogP contribution in [0.1, 0.15) is 27.8 Å². The van der Waals surface area contributed by atoms with E-state index in [-0.39, 0.29) is 17.4 Å². The Hall–Kier alpha value is -3.87. The summed E-state index contributed by atoms with van der Waals surface area (Å²) in [5, 5.41) is 5.97. The highest BCUT2D eigenvalue weighted by Crippen LogP contribution is 2.32. The van der Waals surface area contributed by atoms with Gasteiger partial charge in [0.25, 0.3) is 5.91 Å². The molecule has 29 heavy (non-hydrogen) atoms. The Morgan fingerprint density at radius 1 is 0.897 bits per heavy atom. The van der Waals surface area contributed by atoms with Crippen molar-refractivity contribution in [3.63, 3.8) is 0 Å². The minimum atomic E-state index is -0.327. The molecule has 2 aromatic carbocycles. The van der Waals surface area contributed by atoms with Crippen molar-refractivity contribution in [3.05, 3.63) is 72.1 Å². The summed E-state index contributed by atoms with van der Waals surface area (Å²) in [6, 6.07) is 15.8. The summed E-state index contributed by atoms with van der Waals surface area (Å²) in [6.45, 7) is 2.52. The minimum absolute atomic E-state index is 0.00191. The van der Waals surface area contributed by atoms with Gasteiger partial charge in [0.2, 0.25) is 0 Å². The Balaban J connectivity index is 1.43. The maximum absolute atomic E-state index is 12.5. The molecule has 7 heteroatoms. The zero-order valence-corrected chi connectivity index (χ0v) is 15.8. The van der Waals surface area contributed by atoms with Crippen molar-refractivity contribution in [2.45, 2.75) is 6.92 Å². The largest absolute Gasteiger partial charge is 0.486 e.